The van der Waals surface area contributed by atoms with Crippen LogP contribution in [0.1, 0.15) is 40.5 Å². The molecule has 0 fully saturated rings. The number of nitrogens with one attached hydrogen (secondary N) is 1. The topological polar surface area (TPSA) is 66.4 Å². The van der Waals surface area contributed by atoms with Crippen molar-refractivity contribution in [2.24, 2.45) is 0 Å². The predicted molar refractivity (Wildman–Crippen MR) is 65.6 cm³/mol. The van der Waals surface area contributed by atoms with Crippen LogP contribution in [0.4, 0.5) is 13.2 Å². The SMILES string of the molecule is CCC(CC(F)(F)F)NC(=O)c1ccc(C(=O)O)cc1. The summed E-state index contributed by atoms with van der Waals surface area (Å²) in [5, 5.41) is 11.0. The molecular formula is C13H14F3NO3. The van der Waals surface area contributed by atoms with Gasteiger partial charge in [-0.3, -0.25) is 4.79 Å². The summed E-state index contributed by atoms with van der Waals surface area (Å²) in [6.07, 6.45) is -5.29. The number of halogens is 3. The lowest BCUT2D eigenvalue weighted by Crippen LogP contribution is -2.37. The van der Waals surface area contributed by atoms with Crippen molar-refractivity contribution in [1.82, 2.24) is 5.32 Å². The molecule has 0 radical (unpaired) electrons. The van der Waals surface area contributed by atoms with Crippen LogP contribution in [0.3, 0.4) is 0 Å². The van der Waals surface area contributed by atoms with Gasteiger partial charge in [-0.1, -0.05) is 6.92 Å². The zero-order valence-electron chi connectivity index (χ0n) is 10.7. The first-order valence-electron chi connectivity index (χ1n) is 5.94. The molecule has 0 saturated heterocycles. The third-order valence-electron chi connectivity index (χ3n) is 2.70. The fourth-order valence-electron chi connectivity index (χ4n) is 1.61. The number of aromatic carboxylic acids is 1. The average molecular weight is 289 g/mol. The maximum absolute atomic E-state index is 12.3. The van der Waals surface area contributed by atoms with Gasteiger partial charge in [0.05, 0.1) is 12.0 Å². The molecule has 0 aliphatic rings. The number of carboxylic acids is 1. The molecule has 1 atom stereocenters. The van der Waals surface area contributed by atoms with Crippen molar-refractivity contribution in [2.75, 3.05) is 0 Å². The van der Waals surface area contributed by atoms with E-state index in [0.717, 1.165) is 0 Å². The number of carboxylic acid groups (broad SMARTS) is 1. The normalized spacial score (nSPS) is 12.8. The van der Waals surface area contributed by atoms with Gasteiger partial charge in [-0.25, -0.2) is 4.79 Å². The molecule has 1 aromatic carbocycles. The fourth-order valence-corrected chi connectivity index (χ4v) is 1.61. The molecule has 110 valence electrons. The van der Waals surface area contributed by atoms with Crippen molar-refractivity contribution >= 4 is 11.9 Å². The van der Waals surface area contributed by atoms with E-state index in [9.17, 15) is 22.8 Å². The Morgan fingerprint density at radius 1 is 1.20 bits per heavy atom. The molecule has 0 heterocycles. The van der Waals surface area contributed by atoms with Crippen LogP contribution in [0, 0.1) is 0 Å². The van der Waals surface area contributed by atoms with E-state index in [1.165, 1.54) is 24.3 Å². The predicted octanol–water partition coefficient (Wildman–Crippen LogP) is 2.85. The van der Waals surface area contributed by atoms with Gasteiger partial charge in [0.2, 0.25) is 0 Å². The molecule has 7 heteroatoms. The molecule has 0 aliphatic carbocycles. The van der Waals surface area contributed by atoms with Crippen molar-refractivity contribution in [1.29, 1.82) is 0 Å². The minimum absolute atomic E-state index is 0.00360. The van der Waals surface area contributed by atoms with Gasteiger partial charge in [0, 0.05) is 11.6 Å². The number of alkyl halides is 3. The molecule has 0 aromatic heterocycles. The number of amides is 1. The third-order valence-corrected chi connectivity index (χ3v) is 2.70. The molecule has 20 heavy (non-hydrogen) atoms. The molecule has 0 spiro atoms. The van der Waals surface area contributed by atoms with E-state index in [-0.39, 0.29) is 17.5 Å². The molecule has 0 aliphatic heterocycles. The number of benzene rings is 1. The van der Waals surface area contributed by atoms with Gasteiger partial charge in [0.1, 0.15) is 0 Å². The van der Waals surface area contributed by atoms with E-state index in [2.05, 4.69) is 5.32 Å². The molecule has 1 unspecified atom stereocenters. The Bertz CT molecular complexity index is 483. The first-order valence-corrected chi connectivity index (χ1v) is 5.94. The van der Waals surface area contributed by atoms with E-state index in [1.807, 2.05) is 0 Å². The van der Waals surface area contributed by atoms with Crippen molar-refractivity contribution in [3.63, 3.8) is 0 Å². The number of carbonyl (C=O) groups excluding carboxylic acids is 1. The summed E-state index contributed by atoms with van der Waals surface area (Å²) in [5.41, 5.74) is 0.125. The molecule has 1 amide bonds. The molecular weight excluding hydrogens is 275 g/mol. The first-order chi connectivity index (χ1) is 9.23. The number of carbonyl (C=O) groups is 2. The first kappa shape index (κ1) is 16.0. The van der Waals surface area contributed by atoms with Crippen molar-refractivity contribution in [2.45, 2.75) is 32.0 Å². The van der Waals surface area contributed by atoms with Crippen LogP contribution in [-0.4, -0.2) is 29.2 Å². The van der Waals surface area contributed by atoms with Crippen LogP contribution in [0.2, 0.25) is 0 Å². The summed E-state index contributed by atoms with van der Waals surface area (Å²) >= 11 is 0. The van der Waals surface area contributed by atoms with Gasteiger partial charge in [0.15, 0.2) is 0 Å². The lowest BCUT2D eigenvalue weighted by Gasteiger charge is -2.18. The summed E-state index contributed by atoms with van der Waals surface area (Å²) in [6, 6.07) is 3.98. The highest BCUT2D eigenvalue weighted by atomic mass is 19.4. The fraction of sp³-hybridized carbons (Fsp3) is 0.385. The van der Waals surface area contributed by atoms with Crippen LogP contribution in [0.15, 0.2) is 24.3 Å². The van der Waals surface area contributed by atoms with E-state index in [4.69, 9.17) is 5.11 Å². The van der Waals surface area contributed by atoms with Crippen LogP contribution in [0.25, 0.3) is 0 Å². The zero-order chi connectivity index (χ0) is 15.3. The number of rotatable bonds is 5. The van der Waals surface area contributed by atoms with Crippen LogP contribution in [0.5, 0.6) is 0 Å². The summed E-state index contributed by atoms with van der Waals surface area (Å²) in [4.78, 5) is 22.4. The minimum atomic E-state index is -4.35. The minimum Gasteiger partial charge on any atom is -0.478 e. The maximum Gasteiger partial charge on any atom is 0.391 e. The van der Waals surface area contributed by atoms with E-state index in [1.54, 1.807) is 6.92 Å². The third kappa shape index (κ3) is 4.91. The zero-order valence-corrected chi connectivity index (χ0v) is 10.7. The average Bonchev–Trinajstić information content (AvgIpc) is 2.36. The standard InChI is InChI=1S/C13H14F3NO3/c1-2-10(7-13(14,15)16)17-11(18)8-3-5-9(6-4-8)12(19)20/h3-6,10H,2,7H2,1H3,(H,17,18)(H,19,20). The highest BCUT2D eigenvalue weighted by Gasteiger charge is 2.31. The van der Waals surface area contributed by atoms with Crippen LogP contribution in [-0.2, 0) is 0 Å². The number of hydrogen-bond acceptors (Lipinski definition) is 2. The van der Waals surface area contributed by atoms with Crippen molar-refractivity contribution < 1.29 is 27.9 Å². The van der Waals surface area contributed by atoms with Gasteiger partial charge in [-0.2, -0.15) is 13.2 Å². The molecule has 1 aromatic rings. The highest BCUT2D eigenvalue weighted by molar-refractivity contribution is 5.96. The van der Waals surface area contributed by atoms with Gasteiger partial charge in [-0.15, -0.1) is 0 Å². The van der Waals surface area contributed by atoms with Crippen molar-refractivity contribution in [3.8, 4) is 0 Å². The summed E-state index contributed by atoms with van der Waals surface area (Å²) in [7, 11) is 0. The Hall–Kier alpha value is -2.05. The second kappa shape index (κ2) is 6.40. The summed E-state index contributed by atoms with van der Waals surface area (Å²) in [6.45, 7) is 1.55. The van der Waals surface area contributed by atoms with E-state index >= 15 is 0 Å². The van der Waals surface area contributed by atoms with Crippen LogP contribution >= 0.6 is 0 Å². The quantitative estimate of drug-likeness (QED) is 0.876. The molecule has 0 saturated carbocycles. The Kier molecular flexibility index (Phi) is 5.12. The van der Waals surface area contributed by atoms with Crippen LogP contribution < -0.4 is 5.32 Å². The Morgan fingerprint density at radius 3 is 2.10 bits per heavy atom. The van der Waals surface area contributed by atoms with E-state index in [0.29, 0.717) is 0 Å². The van der Waals surface area contributed by atoms with Gasteiger partial charge in [-0.05, 0) is 30.7 Å². The van der Waals surface area contributed by atoms with Gasteiger partial charge >= 0.3 is 12.1 Å². The highest BCUT2D eigenvalue weighted by Crippen LogP contribution is 2.22. The van der Waals surface area contributed by atoms with Gasteiger partial charge < -0.3 is 10.4 Å². The van der Waals surface area contributed by atoms with E-state index < -0.39 is 30.5 Å². The monoisotopic (exact) mass is 289 g/mol. The smallest absolute Gasteiger partial charge is 0.391 e. The number of hydrogen-bond donors (Lipinski definition) is 2. The second-order valence-electron chi connectivity index (χ2n) is 4.28. The molecule has 1 rings (SSSR count). The summed E-state index contributed by atoms with van der Waals surface area (Å²) < 4.78 is 36.8. The molecule has 4 nitrogen and oxygen atoms in total. The lowest BCUT2D eigenvalue weighted by molar-refractivity contribution is -0.139. The second-order valence-corrected chi connectivity index (χ2v) is 4.28. The molecule has 0 bridgehead atoms. The lowest BCUT2D eigenvalue weighted by atomic mass is 10.1. The Labute approximate surface area is 113 Å². The maximum atomic E-state index is 12.3. The Balaban J connectivity index is 2.72. The van der Waals surface area contributed by atoms with Crippen molar-refractivity contribution in [3.05, 3.63) is 35.4 Å². The largest absolute Gasteiger partial charge is 0.478 e. The molecule has 2 N–H and O–H groups in total. The van der Waals surface area contributed by atoms with Gasteiger partial charge in [0.25, 0.3) is 5.91 Å². The summed E-state index contributed by atoms with van der Waals surface area (Å²) in [5.74, 6) is -1.79. The Morgan fingerprint density at radius 2 is 1.70 bits per heavy atom.